The number of H-pyrrole nitrogens is 1. The highest BCUT2D eigenvalue weighted by atomic mass is 32.1. The molecule has 5 rings (SSSR count). The Hall–Kier alpha value is -3.58. The molecule has 33 heavy (non-hydrogen) atoms. The van der Waals surface area contributed by atoms with Gasteiger partial charge in [-0.05, 0) is 42.3 Å². The van der Waals surface area contributed by atoms with Crippen LogP contribution >= 0.6 is 11.3 Å². The molecule has 0 saturated heterocycles. The molecule has 0 radical (unpaired) electrons. The maximum Gasteiger partial charge on any atom is 0.261 e. The van der Waals surface area contributed by atoms with Gasteiger partial charge in [0, 0.05) is 61.8 Å². The minimum absolute atomic E-state index is 0.0269. The van der Waals surface area contributed by atoms with Gasteiger partial charge in [-0.2, -0.15) is 5.10 Å². The number of carbonyl (C=O) groups excluding carboxylic acids is 1. The quantitative estimate of drug-likeness (QED) is 0.375. The molecule has 0 saturated carbocycles. The van der Waals surface area contributed by atoms with E-state index in [2.05, 4.69) is 69.0 Å². The Morgan fingerprint density at radius 2 is 1.91 bits per heavy atom. The molecule has 5 aromatic rings. The van der Waals surface area contributed by atoms with Gasteiger partial charge in [0.05, 0.1) is 10.6 Å². The van der Waals surface area contributed by atoms with Crippen LogP contribution in [-0.2, 0) is 7.05 Å². The molecule has 0 aliphatic rings. The maximum atomic E-state index is 13.1. The van der Waals surface area contributed by atoms with E-state index in [0.717, 1.165) is 27.1 Å². The number of nitrogens with one attached hydrogen (secondary N) is 2. The van der Waals surface area contributed by atoms with Crippen LogP contribution in [0.1, 0.15) is 32.4 Å². The number of fused-ring (bicyclic) bond motifs is 2. The van der Waals surface area contributed by atoms with Crippen LogP contribution in [-0.4, -0.2) is 41.3 Å². The summed E-state index contributed by atoms with van der Waals surface area (Å²) in [4.78, 5) is 20.3. The van der Waals surface area contributed by atoms with E-state index in [0.29, 0.717) is 11.4 Å². The highest BCUT2D eigenvalue weighted by Gasteiger charge is 2.21. The van der Waals surface area contributed by atoms with E-state index < -0.39 is 0 Å². The number of rotatable bonds is 6. The van der Waals surface area contributed by atoms with Gasteiger partial charge in [0.2, 0.25) is 0 Å². The van der Waals surface area contributed by atoms with Gasteiger partial charge in [-0.15, -0.1) is 11.3 Å². The maximum absolute atomic E-state index is 13.1. The highest BCUT2D eigenvalue weighted by Crippen LogP contribution is 2.32. The van der Waals surface area contributed by atoms with E-state index in [-0.39, 0.29) is 11.8 Å². The Labute approximate surface area is 196 Å². The molecule has 0 bridgehead atoms. The SMILES string of the molecule is Cc1nn(C)c2sc(C(=O)NCC(c3ccc(N(C)C)cc3)c3c[nH]c4ccccc34)cc12. The number of carbonyl (C=O) groups is 1. The Bertz CT molecular complexity index is 1410. The summed E-state index contributed by atoms with van der Waals surface area (Å²) in [6.45, 7) is 2.48. The molecule has 2 N–H and O–H groups in total. The second-order valence-electron chi connectivity index (χ2n) is 8.58. The topological polar surface area (TPSA) is 66.0 Å². The first-order valence-electron chi connectivity index (χ1n) is 11.0. The summed E-state index contributed by atoms with van der Waals surface area (Å²) in [5.41, 5.74) is 5.54. The van der Waals surface area contributed by atoms with Gasteiger partial charge in [0.1, 0.15) is 4.83 Å². The Kier molecular flexibility index (Phi) is 5.42. The molecule has 1 atom stereocenters. The third kappa shape index (κ3) is 3.89. The van der Waals surface area contributed by atoms with E-state index in [1.165, 1.54) is 27.8 Å². The number of aromatic amines is 1. The fourth-order valence-electron chi connectivity index (χ4n) is 4.39. The summed E-state index contributed by atoms with van der Waals surface area (Å²) in [6, 6.07) is 18.8. The number of benzene rings is 2. The van der Waals surface area contributed by atoms with Crippen molar-refractivity contribution in [2.75, 3.05) is 25.5 Å². The molecule has 0 fully saturated rings. The first kappa shape index (κ1) is 21.3. The van der Waals surface area contributed by atoms with Crippen LogP contribution in [0.15, 0.2) is 60.8 Å². The van der Waals surface area contributed by atoms with Crippen molar-refractivity contribution in [3.05, 3.63) is 82.5 Å². The minimum Gasteiger partial charge on any atom is -0.378 e. The van der Waals surface area contributed by atoms with Crippen molar-refractivity contribution < 1.29 is 4.79 Å². The normalized spacial score (nSPS) is 12.4. The predicted molar refractivity (Wildman–Crippen MR) is 137 cm³/mol. The summed E-state index contributed by atoms with van der Waals surface area (Å²) >= 11 is 1.48. The lowest BCUT2D eigenvalue weighted by Gasteiger charge is -2.20. The predicted octanol–water partition coefficient (Wildman–Crippen LogP) is 5.05. The zero-order chi connectivity index (χ0) is 23.1. The van der Waals surface area contributed by atoms with Gasteiger partial charge in [-0.3, -0.25) is 9.48 Å². The monoisotopic (exact) mass is 457 g/mol. The van der Waals surface area contributed by atoms with Crippen molar-refractivity contribution in [2.45, 2.75) is 12.8 Å². The molecule has 0 aliphatic carbocycles. The Morgan fingerprint density at radius 3 is 2.64 bits per heavy atom. The van der Waals surface area contributed by atoms with Crippen LogP contribution < -0.4 is 10.2 Å². The molecular formula is C26H27N5OS. The molecule has 168 valence electrons. The van der Waals surface area contributed by atoms with Crippen molar-refractivity contribution in [3.63, 3.8) is 0 Å². The number of aryl methyl sites for hydroxylation is 2. The lowest BCUT2D eigenvalue weighted by Crippen LogP contribution is -2.28. The van der Waals surface area contributed by atoms with Gasteiger partial charge >= 0.3 is 0 Å². The fourth-order valence-corrected chi connectivity index (χ4v) is 5.43. The van der Waals surface area contributed by atoms with Crippen molar-refractivity contribution in [2.24, 2.45) is 7.05 Å². The number of nitrogens with zero attached hydrogens (tertiary/aromatic N) is 3. The average Bonchev–Trinajstić information content (AvgIpc) is 3.50. The van der Waals surface area contributed by atoms with Crippen LogP contribution in [0.2, 0.25) is 0 Å². The number of aromatic nitrogens is 3. The molecule has 6 nitrogen and oxygen atoms in total. The van der Waals surface area contributed by atoms with E-state index >= 15 is 0 Å². The minimum atomic E-state index is -0.0506. The Morgan fingerprint density at radius 1 is 1.15 bits per heavy atom. The summed E-state index contributed by atoms with van der Waals surface area (Å²) in [5.74, 6) is -0.0237. The van der Waals surface area contributed by atoms with Crippen molar-refractivity contribution >= 4 is 44.1 Å². The number of hydrogen-bond acceptors (Lipinski definition) is 4. The van der Waals surface area contributed by atoms with Crippen molar-refractivity contribution in [1.29, 1.82) is 0 Å². The number of thiophene rings is 1. The zero-order valence-electron chi connectivity index (χ0n) is 19.2. The number of amides is 1. The number of hydrogen-bond donors (Lipinski definition) is 2. The van der Waals surface area contributed by atoms with Gasteiger partial charge in [0.15, 0.2) is 0 Å². The third-order valence-electron chi connectivity index (χ3n) is 6.20. The van der Waals surface area contributed by atoms with Gasteiger partial charge < -0.3 is 15.2 Å². The molecule has 2 aromatic carbocycles. The molecule has 1 unspecified atom stereocenters. The smallest absolute Gasteiger partial charge is 0.261 e. The van der Waals surface area contributed by atoms with Gasteiger partial charge in [-0.1, -0.05) is 30.3 Å². The average molecular weight is 458 g/mol. The van der Waals surface area contributed by atoms with E-state index in [1.807, 2.05) is 44.9 Å². The highest BCUT2D eigenvalue weighted by molar-refractivity contribution is 7.20. The molecular weight excluding hydrogens is 430 g/mol. The number of anilines is 1. The molecule has 1 amide bonds. The fraction of sp³-hybridized carbons (Fsp3) is 0.231. The van der Waals surface area contributed by atoms with Crippen LogP contribution in [0.4, 0.5) is 5.69 Å². The molecule has 3 heterocycles. The lowest BCUT2D eigenvalue weighted by molar-refractivity contribution is 0.0956. The van der Waals surface area contributed by atoms with E-state index in [9.17, 15) is 4.79 Å². The summed E-state index contributed by atoms with van der Waals surface area (Å²) < 4.78 is 1.84. The van der Waals surface area contributed by atoms with Gasteiger partial charge in [0.25, 0.3) is 5.91 Å². The summed E-state index contributed by atoms with van der Waals surface area (Å²) in [5, 5.41) is 9.85. The molecule has 0 spiro atoms. The van der Waals surface area contributed by atoms with Crippen molar-refractivity contribution in [1.82, 2.24) is 20.1 Å². The summed E-state index contributed by atoms with van der Waals surface area (Å²) in [6.07, 6.45) is 2.07. The standard InChI is InChI=1S/C26H27N5OS/c1-16-20-13-24(33-26(20)31(4)29-16)25(32)28-14-21(17-9-11-18(12-10-17)30(2)3)22-15-27-23-8-6-5-7-19(22)23/h5-13,15,21,27H,14H2,1-4H3,(H,28,32). The van der Waals surface area contributed by atoms with Crippen LogP contribution in [0, 0.1) is 6.92 Å². The largest absolute Gasteiger partial charge is 0.378 e. The first-order chi connectivity index (χ1) is 15.9. The molecule has 7 heteroatoms. The first-order valence-corrected chi connectivity index (χ1v) is 11.8. The third-order valence-corrected chi connectivity index (χ3v) is 7.40. The van der Waals surface area contributed by atoms with Gasteiger partial charge in [-0.25, -0.2) is 0 Å². The van der Waals surface area contributed by atoms with E-state index in [1.54, 1.807) is 0 Å². The number of para-hydroxylation sites is 1. The van der Waals surface area contributed by atoms with Crippen LogP contribution in [0.25, 0.3) is 21.1 Å². The van der Waals surface area contributed by atoms with Crippen molar-refractivity contribution in [3.8, 4) is 0 Å². The summed E-state index contributed by atoms with van der Waals surface area (Å²) in [7, 11) is 5.99. The van der Waals surface area contributed by atoms with Crippen LogP contribution in [0.3, 0.4) is 0 Å². The van der Waals surface area contributed by atoms with E-state index in [4.69, 9.17) is 0 Å². The lowest BCUT2D eigenvalue weighted by atomic mass is 9.90. The Balaban J connectivity index is 1.46. The van der Waals surface area contributed by atoms with Crippen LogP contribution in [0.5, 0.6) is 0 Å². The second-order valence-corrected chi connectivity index (χ2v) is 9.61. The zero-order valence-corrected chi connectivity index (χ0v) is 20.0. The second kappa shape index (κ2) is 8.41. The molecule has 3 aromatic heterocycles. The molecule has 0 aliphatic heterocycles.